The van der Waals surface area contributed by atoms with Crippen molar-refractivity contribution in [1.29, 1.82) is 0 Å². The van der Waals surface area contributed by atoms with Crippen LogP contribution in [-0.2, 0) is 11.3 Å². The molecule has 0 unspecified atom stereocenters. The number of hydrogen-bond donors (Lipinski definition) is 1. The molecule has 0 saturated carbocycles. The van der Waals surface area contributed by atoms with Crippen molar-refractivity contribution in [3.05, 3.63) is 59.7 Å². The molecule has 0 bridgehead atoms. The third kappa shape index (κ3) is 7.23. The smallest absolute Gasteiger partial charge is 0.307 e. The topological polar surface area (TPSA) is 93.0 Å². The Labute approximate surface area is 214 Å². The fourth-order valence-electron chi connectivity index (χ4n) is 4.19. The number of unbranched alkanes of at least 4 members (excludes halogenated alkanes) is 5. The van der Waals surface area contributed by atoms with Crippen LogP contribution in [-0.4, -0.2) is 32.5 Å². The van der Waals surface area contributed by atoms with Crippen molar-refractivity contribution in [2.45, 2.75) is 84.6 Å². The lowest BCUT2D eigenvalue weighted by Crippen LogP contribution is -2.32. The largest absolute Gasteiger partial charge is 0.333 e. The number of aryl methyl sites for hydroxylation is 1. The van der Waals surface area contributed by atoms with Gasteiger partial charge in [0.15, 0.2) is 0 Å². The van der Waals surface area contributed by atoms with E-state index in [9.17, 15) is 9.59 Å². The zero-order chi connectivity index (χ0) is 25.9. The zero-order valence-electron chi connectivity index (χ0n) is 21.9. The fraction of sp³-hybridized carbons (Fsp3) is 0.464. The number of para-hydroxylation sites is 2. The van der Waals surface area contributed by atoms with Crippen LogP contribution in [0.1, 0.15) is 89.2 Å². The highest BCUT2D eigenvalue weighted by atomic mass is 16.2. The Kier molecular flexibility index (Phi) is 10.2. The minimum absolute atomic E-state index is 0.234. The van der Waals surface area contributed by atoms with E-state index in [2.05, 4.69) is 60.6 Å². The summed E-state index contributed by atoms with van der Waals surface area (Å²) in [5.41, 5.74) is 3.69. The number of aldehydes is 1. The van der Waals surface area contributed by atoms with Crippen LogP contribution in [0.4, 0.5) is 22.1 Å². The number of amides is 2. The van der Waals surface area contributed by atoms with Crippen molar-refractivity contribution in [2.24, 2.45) is 0 Å². The molecule has 192 valence electrons. The van der Waals surface area contributed by atoms with E-state index in [1.54, 1.807) is 4.80 Å². The maximum atomic E-state index is 13.7. The molecular formula is C28H38N6O2. The maximum absolute atomic E-state index is 13.7. The highest BCUT2D eigenvalue weighted by molar-refractivity contribution is 6.06. The summed E-state index contributed by atoms with van der Waals surface area (Å²) in [4.78, 5) is 27.2. The number of benzene rings is 2. The van der Waals surface area contributed by atoms with Crippen LogP contribution < -0.4 is 10.2 Å². The van der Waals surface area contributed by atoms with Crippen molar-refractivity contribution < 1.29 is 9.59 Å². The first-order chi connectivity index (χ1) is 17.4. The second-order valence-corrected chi connectivity index (χ2v) is 9.63. The van der Waals surface area contributed by atoms with Gasteiger partial charge in [0.1, 0.15) is 6.29 Å². The Morgan fingerprint density at radius 2 is 1.56 bits per heavy atom. The maximum Gasteiger partial charge on any atom is 0.333 e. The number of carbonyl (C=O) groups excluding carboxylic acids is 2. The molecule has 0 fully saturated rings. The Hall–Kier alpha value is -3.55. The van der Waals surface area contributed by atoms with Gasteiger partial charge in [-0.25, -0.2) is 9.69 Å². The normalized spacial score (nSPS) is 11.2. The summed E-state index contributed by atoms with van der Waals surface area (Å²) in [6, 6.07) is 15.2. The van der Waals surface area contributed by atoms with Crippen LogP contribution in [0.3, 0.4) is 0 Å². The number of rotatable bonds is 13. The molecule has 36 heavy (non-hydrogen) atoms. The molecule has 1 heterocycles. The molecule has 0 atom stereocenters. The van der Waals surface area contributed by atoms with Crippen LogP contribution in [0.5, 0.6) is 0 Å². The van der Waals surface area contributed by atoms with Gasteiger partial charge < -0.3 is 10.1 Å². The molecule has 1 aromatic heterocycles. The first kappa shape index (κ1) is 27.0. The van der Waals surface area contributed by atoms with Crippen molar-refractivity contribution in [3.63, 3.8) is 0 Å². The van der Waals surface area contributed by atoms with Gasteiger partial charge >= 0.3 is 6.03 Å². The number of nitrogens with zero attached hydrogens (tertiary/aromatic N) is 5. The Balaban J connectivity index is 1.80. The lowest BCUT2D eigenvalue weighted by molar-refractivity contribution is -0.107. The van der Waals surface area contributed by atoms with Crippen molar-refractivity contribution in [3.8, 4) is 0 Å². The summed E-state index contributed by atoms with van der Waals surface area (Å²) < 4.78 is 0. The number of tetrazole rings is 1. The predicted octanol–water partition coefficient (Wildman–Crippen LogP) is 6.83. The van der Waals surface area contributed by atoms with Crippen LogP contribution in [0.2, 0.25) is 0 Å². The van der Waals surface area contributed by atoms with Gasteiger partial charge in [0.25, 0.3) is 5.95 Å². The van der Waals surface area contributed by atoms with E-state index >= 15 is 0 Å². The molecule has 2 amide bonds. The van der Waals surface area contributed by atoms with Gasteiger partial charge in [0.2, 0.25) is 0 Å². The Morgan fingerprint density at radius 3 is 2.19 bits per heavy atom. The second-order valence-electron chi connectivity index (χ2n) is 9.63. The third-order valence-electron chi connectivity index (χ3n) is 6.14. The molecule has 0 aliphatic carbocycles. The van der Waals surface area contributed by atoms with Crippen LogP contribution in [0.25, 0.3) is 0 Å². The summed E-state index contributed by atoms with van der Waals surface area (Å²) >= 11 is 0. The van der Waals surface area contributed by atoms with E-state index in [4.69, 9.17) is 0 Å². The molecule has 2 aromatic carbocycles. The lowest BCUT2D eigenvalue weighted by atomic mass is 9.93. The van der Waals surface area contributed by atoms with E-state index in [0.29, 0.717) is 18.7 Å². The van der Waals surface area contributed by atoms with Gasteiger partial charge in [-0.05, 0) is 53.2 Å². The molecule has 3 rings (SSSR count). The van der Waals surface area contributed by atoms with Crippen LogP contribution in [0.15, 0.2) is 48.5 Å². The molecule has 1 N–H and O–H groups in total. The molecule has 8 heteroatoms. The van der Waals surface area contributed by atoms with Crippen molar-refractivity contribution >= 4 is 29.6 Å². The van der Waals surface area contributed by atoms with Gasteiger partial charge in [0, 0.05) is 12.1 Å². The predicted molar refractivity (Wildman–Crippen MR) is 144 cm³/mol. The summed E-state index contributed by atoms with van der Waals surface area (Å²) in [6.45, 7) is 9.12. The number of nitrogens with one attached hydrogen (secondary N) is 1. The average molecular weight is 491 g/mol. The Bertz CT molecular complexity index is 1080. The number of anilines is 3. The summed E-state index contributed by atoms with van der Waals surface area (Å²) in [5.74, 6) is 0.737. The monoisotopic (exact) mass is 490 g/mol. The highest BCUT2D eigenvalue weighted by Gasteiger charge is 2.25. The van der Waals surface area contributed by atoms with Gasteiger partial charge in [-0.15, -0.1) is 5.10 Å². The van der Waals surface area contributed by atoms with E-state index in [-0.39, 0.29) is 23.8 Å². The van der Waals surface area contributed by atoms with E-state index in [1.165, 1.54) is 4.90 Å². The molecule has 0 aliphatic heterocycles. The molecule has 0 saturated heterocycles. The van der Waals surface area contributed by atoms with E-state index < -0.39 is 0 Å². The number of carbonyl (C=O) groups is 2. The van der Waals surface area contributed by atoms with E-state index in [1.807, 2.05) is 36.4 Å². The molecule has 0 spiro atoms. The van der Waals surface area contributed by atoms with Gasteiger partial charge in [0.05, 0.1) is 12.2 Å². The number of aromatic nitrogens is 4. The summed E-state index contributed by atoms with van der Waals surface area (Å²) in [5, 5.41) is 16.1. The van der Waals surface area contributed by atoms with Gasteiger partial charge in [-0.1, -0.05) is 88.5 Å². The molecule has 0 radical (unpaired) electrons. The number of hydrogen-bond acceptors (Lipinski definition) is 5. The fourth-order valence-corrected chi connectivity index (χ4v) is 4.19. The van der Waals surface area contributed by atoms with Gasteiger partial charge in [-0.3, -0.25) is 0 Å². The molecule has 3 aromatic rings. The molecular weight excluding hydrogens is 452 g/mol. The summed E-state index contributed by atoms with van der Waals surface area (Å²) in [7, 11) is 0. The minimum Gasteiger partial charge on any atom is -0.307 e. The summed E-state index contributed by atoms with van der Waals surface area (Å²) in [6.07, 6.45) is 6.60. The van der Waals surface area contributed by atoms with Crippen LogP contribution in [0, 0.1) is 0 Å². The SMILES string of the molecule is CC(C)c1cccc(C(C)C)c1NC(=O)N(c1ccccc1)c1nnn(CCCCCCCC=O)n1. The van der Waals surface area contributed by atoms with Crippen molar-refractivity contribution in [2.75, 3.05) is 10.2 Å². The van der Waals surface area contributed by atoms with Crippen molar-refractivity contribution in [1.82, 2.24) is 20.2 Å². The standard InChI is InChI=1S/C28H38N6O2/c1-21(2)24-17-14-18-25(22(3)4)26(24)29-28(36)34(23-15-10-9-11-16-23)27-30-32-33(31-27)19-12-7-5-6-8-13-20-35/h9-11,14-18,20-22H,5-8,12-13,19H2,1-4H3,(H,29,36). The zero-order valence-corrected chi connectivity index (χ0v) is 21.9. The molecule has 8 nitrogen and oxygen atoms in total. The lowest BCUT2D eigenvalue weighted by Gasteiger charge is -2.24. The highest BCUT2D eigenvalue weighted by Crippen LogP contribution is 2.33. The van der Waals surface area contributed by atoms with Crippen LogP contribution >= 0.6 is 0 Å². The van der Waals surface area contributed by atoms with E-state index in [0.717, 1.165) is 55.2 Å². The number of urea groups is 1. The first-order valence-electron chi connectivity index (χ1n) is 12.9. The second kappa shape index (κ2) is 13.5. The molecule has 0 aliphatic rings. The minimum atomic E-state index is -0.328. The third-order valence-corrected chi connectivity index (χ3v) is 6.14. The quantitative estimate of drug-likeness (QED) is 0.209. The average Bonchev–Trinajstić information content (AvgIpc) is 3.32. The Morgan fingerprint density at radius 1 is 0.917 bits per heavy atom. The van der Waals surface area contributed by atoms with Gasteiger partial charge in [-0.2, -0.15) is 4.80 Å². The first-order valence-corrected chi connectivity index (χ1v) is 12.9.